The topological polar surface area (TPSA) is 172 Å². The highest BCUT2D eigenvalue weighted by atomic mass is 31.2. The fourth-order valence-corrected chi connectivity index (χ4v) is 5.82. The summed E-state index contributed by atoms with van der Waals surface area (Å²) in [6.45, 7) is 2.71. The van der Waals surface area contributed by atoms with E-state index in [1.165, 1.54) is 70.6 Å². The molecule has 12 heteroatoms. The van der Waals surface area contributed by atoms with Crippen LogP contribution in [0, 0.1) is 0 Å². The Kier molecular flexibility index (Phi) is 32.7. The van der Waals surface area contributed by atoms with E-state index in [-0.39, 0.29) is 19.4 Å². The molecule has 0 heterocycles. The van der Waals surface area contributed by atoms with Crippen molar-refractivity contribution in [3.8, 4) is 0 Å². The number of allylic oxidation sites excluding steroid dienone is 4. The van der Waals surface area contributed by atoms with E-state index in [0.29, 0.717) is 12.8 Å². The van der Waals surface area contributed by atoms with Gasteiger partial charge in [-0.15, -0.1) is 0 Å². The molecule has 0 saturated carbocycles. The zero-order valence-electron chi connectivity index (χ0n) is 31.2. The highest BCUT2D eigenvalue weighted by Gasteiger charge is 2.28. The van der Waals surface area contributed by atoms with E-state index >= 15 is 0 Å². The summed E-state index contributed by atoms with van der Waals surface area (Å²) in [7, 11) is -4.71. The van der Waals surface area contributed by atoms with Crippen molar-refractivity contribution >= 4 is 25.7 Å². The Morgan fingerprint density at radius 1 is 0.600 bits per heavy atom. The minimum Gasteiger partial charge on any atom is -0.480 e. The molecule has 0 rings (SSSR count). The molecule has 3 atom stereocenters. The Hall–Kier alpha value is -2.04. The number of carboxylic acid groups (broad SMARTS) is 1. The molecular weight excluding hydrogens is 661 g/mol. The van der Waals surface area contributed by atoms with E-state index in [2.05, 4.69) is 42.7 Å². The van der Waals surface area contributed by atoms with Crippen molar-refractivity contribution in [2.45, 2.75) is 180 Å². The standard InChI is InChI=1S/C38H70NO10P/c1-3-5-7-9-11-13-15-16-17-18-20-22-24-26-28-30-37(41)49-34(32-47-50(44,45)48-33-35(39)38(42)43)31-46-36(40)29-27-25-23-21-19-14-12-10-8-6-4-2/h10,12,20,22,34-35H,3-9,11,13-19,21,23-33,39H2,1-2H3,(H,42,43)(H,44,45)/b12-10+,22-20+/t34-,35+/m1/s1. The predicted octanol–water partition coefficient (Wildman–Crippen LogP) is 9.50. The molecule has 0 bridgehead atoms. The summed E-state index contributed by atoms with van der Waals surface area (Å²) in [4.78, 5) is 45.7. The van der Waals surface area contributed by atoms with Gasteiger partial charge < -0.3 is 25.2 Å². The summed E-state index contributed by atoms with van der Waals surface area (Å²) in [5, 5.41) is 8.85. The molecule has 292 valence electrons. The minimum atomic E-state index is -4.71. The molecule has 11 nitrogen and oxygen atoms in total. The van der Waals surface area contributed by atoms with Crippen molar-refractivity contribution in [1.29, 1.82) is 0 Å². The maximum atomic E-state index is 12.5. The van der Waals surface area contributed by atoms with Gasteiger partial charge in [0.15, 0.2) is 6.10 Å². The summed E-state index contributed by atoms with van der Waals surface area (Å²) >= 11 is 0. The highest BCUT2D eigenvalue weighted by Crippen LogP contribution is 2.43. The molecule has 4 N–H and O–H groups in total. The van der Waals surface area contributed by atoms with Crippen molar-refractivity contribution in [2.75, 3.05) is 19.8 Å². The Balaban J connectivity index is 4.47. The molecule has 0 saturated heterocycles. The minimum absolute atomic E-state index is 0.131. The van der Waals surface area contributed by atoms with Crippen LogP contribution in [0.3, 0.4) is 0 Å². The van der Waals surface area contributed by atoms with Crippen LogP contribution in [0.25, 0.3) is 0 Å². The van der Waals surface area contributed by atoms with Crippen LogP contribution >= 0.6 is 7.82 Å². The number of hydrogen-bond acceptors (Lipinski definition) is 9. The number of carbonyl (C=O) groups is 3. The molecule has 0 aliphatic rings. The first-order valence-electron chi connectivity index (χ1n) is 19.4. The second kappa shape index (κ2) is 34.1. The van der Waals surface area contributed by atoms with Gasteiger partial charge in [0.2, 0.25) is 0 Å². The molecule has 50 heavy (non-hydrogen) atoms. The van der Waals surface area contributed by atoms with E-state index in [1.807, 2.05) is 0 Å². The van der Waals surface area contributed by atoms with Crippen molar-refractivity contribution in [3.63, 3.8) is 0 Å². The van der Waals surface area contributed by atoms with Crippen LogP contribution in [0.5, 0.6) is 0 Å². The Morgan fingerprint density at radius 2 is 1.02 bits per heavy atom. The summed E-state index contributed by atoms with van der Waals surface area (Å²) in [6.07, 6.45) is 32.6. The SMILES string of the molecule is CCCC/C=C/CCCCCCCC(=O)OC[C@H](COP(=O)(O)OC[C@H](N)C(=O)O)OC(=O)CCCC/C=C/CCCCCCCCCCC. The normalized spacial score (nSPS) is 14.2. The van der Waals surface area contributed by atoms with Gasteiger partial charge in [-0.1, -0.05) is 122 Å². The fourth-order valence-electron chi connectivity index (χ4n) is 5.04. The second-order valence-corrected chi connectivity index (χ2v) is 14.5. The van der Waals surface area contributed by atoms with E-state index < -0.39 is 51.1 Å². The van der Waals surface area contributed by atoms with Crippen LogP contribution in [0.4, 0.5) is 0 Å². The first-order valence-corrected chi connectivity index (χ1v) is 20.9. The molecule has 1 unspecified atom stereocenters. The van der Waals surface area contributed by atoms with Crippen molar-refractivity contribution in [2.24, 2.45) is 5.73 Å². The third-order valence-corrected chi connectivity index (χ3v) is 9.12. The number of ether oxygens (including phenoxy) is 2. The largest absolute Gasteiger partial charge is 0.480 e. The number of hydrogen-bond donors (Lipinski definition) is 3. The van der Waals surface area contributed by atoms with Gasteiger partial charge in [0.1, 0.15) is 12.6 Å². The maximum absolute atomic E-state index is 12.5. The average molecular weight is 732 g/mol. The van der Waals surface area contributed by atoms with Crippen LogP contribution in [-0.4, -0.2) is 59.9 Å². The number of unbranched alkanes of at least 4 members (excludes halogenated alkanes) is 18. The van der Waals surface area contributed by atoms with E-state index in [1.54, 1.807) is 0 Å². The van der Waals surface area contributed by atoms with Gasteiger partial charge in [-0.2, -0.15) is 0 Å². The molecule has 0 aromatic heterocycles. The number of rotatable bonds is 36. The molecule has 0 aromatic carbocycles. The third-order valence-electron chi connectivity index (χ3n) is 8.17. The van der Waals surface area contributed by atoms with Crippen molar-refractivity contribution in [1.82, 2.24) is 0 Å². The molecule has 0 amide bonds. The number of carbonyl (C=O) groups excluding carboxylic acids is 2. The van der Waals surface area contributed by atoms with E-state index in [9.17, 15) is 23.8 Å². The van der Waals surface area contributed by atoms with Gasteiger partial charge in [-0.05, 0) is 57.8 Å². The van der Waals surface area contributed by atoms with Crippen LogP contribution in [0.15, 0.2) is 24.3 Å². The molecule has 0 spiro atoms. The molecule has 0 fully saturated rings. The molecule has 0 aromatic rings. The highest BCUT2D eigenvalue weighted by molar-refractivity contribution is 7.47. The third kappa shape index (κ3) is 33.1. The Labute approximate surface area is 302 Å². The Bertz CT molecular complexity index is 958. The lowest BCUT2D eigenvalue weighted by Crippen LogP contribution is -2.34. The smallest absolute Gasteiger partial charge is 0.472 e. The zero-order valence-corrected chi connectivity index (χ0v) is 32.1. The number of nitrogens with two attached hydrogens (primary N) is 1. The first-order chi connectivity index (χ1) is 24.1. The second-order valence-electron chi connectivity index (χ2n) is 13.1. The lowest BCUT2D eigenvalue weighted by atomic mass is 10.1. The lowest BCUT2D eigenvalue weighted by molar-refractivity contribution is -0.161. The number of aliphatic carboxylic acids is 1. The monoisotopic (exact) mass is 731 g/mol. The molecule has 0 radical (unpaired) electrons. The summed E-state index contributed by atoms with van der Waals surface area (Å²) in [5.74, 6) is -2.42. The van der Waals surface area contributed by atoms with Gasteiger partial charge in [0, 0.05) is 12.8 Å². The number of esters is 2. The number of phosphoric ester groups is 1. The molecular formula is C38H70NO10P. The van der Waals surface area contributed by atoms with Gasteiger partial charge in [0.25, 0.3) is 0 Å². The summed E-state index contributed by atoms with van der Waals surface area (Å²) < 4.78 is 32.5. The molecule has 0 aliphatic heterocycles. The maximum Gasteiger partial charge on any atom is 0.472 e. The summed E-state index contributed by atoms with van der Waals surface area (Å²) in [5.41, 5.74) is 5.31. The molecule has 0 aliphatic carbocycles. The van der Waals surface area contributed by atoms with Gasteiger partial charge in [-0.3, -0.25) is 23.4 Å². The number of carboxylic acids is 1. The van der Waals surface area contributed by atoms with Crippen molar-refractivity contribution in [3.05, 3.63) is 24.3 Å². The van der Waals surface area contributed by atoms with Crippen LogP contribution < -0.4 is 5.73 Å². The fraction of sp³-hybridized carbons (Fsp3) is 0.816. The van der Waals surface area contributed by atoms with Crippen LogP contribution in [0.1, 0.15) is 168 Å². The van der Waals surface area contributed by atoms with Crippen molar-refractivity contribution < 1.29 is 47.5 Å². The lowest BCUT2D eigenvalue weighted by Gasteiger charge is -2.20. The van der Waals surface area contributed by atoms with E-state index in [4.69, 9.17) is 24.8 Å². The Morgan fingerprint density at radius 3 is 1.56 bits per heavy atom. The zero-order chi connectivity index (χ0) is 37.1. The first kappa shape index (κ1) is 48.0. The average Bonchev–Trinajstić information content (AvgIpc) is 3.09. The van der Waals surface area contributed by atoms with E-state index in [0.717, 1.165) is 57.8 Å². The quantitative estimate of drug-likeness (QED) is 0.0242. The van der Waals surface area contributed by atoms with Gasteiger partial charge in [-0.25, -0.2) is 4.57 Å². The van der Waals surface area contributed by atoms with Crippen LogP contribution in [-0.2, 0) is 37.5 Å². The van der Waals surface area contributed by atoms with Gasteiger partial charge in [0.05, 0.1) is 13.2 Å². The van der Waals surface area contributed by atoms with Crippen LogP contribution in [0.2, 0.25) is 0 Å². The predicted molar refractivity (Wildman–Crippen MR) is 199 cm³/mol. The van der Waals surface area contributed by atoms with Gasteiger partial charge >= 0.3 is 25.7 Å². The number of phosphoric acid groups is 1. The summed E-state index contributed by atoms with van der Waals surface area (Å²) in [6, 6.07) is -1.52.